The normalized spacial score (nSPS) is 54.0. The zero-order chi connectivity index (χ0) is 23.3. The number of carboxylic acid groups (broad SMARTS) is 1. The van der Waals surface area contributed by atoms with E-state index in [1.54, 1.807) is 0 Å². The highest BCUT2D eigenvalue weighted by Gasteiger charge is 2.71. The van der Waals surface area contributed by atoms with Gasteiger partial charge in [-0.15, -0.1) is 6.58 Å². The average Bonchev–Trinajstić information content (AvgIpc) is 3.12. The lowest BCUT2D eigenvalue weighted by molar-refractivity contribution is -0.235. The molecule has 5 aliphatic rings. The van der Waals surface area contributed by atoms with Crippen molar-refractivity contribution >= 4 is 11.8 Å². The Morgan fingerprint density at radius 1 is 0.906 bits per heavy atom. The maximum atomic E-state index is 12.9. The van der Waals surface area contributed by atoms with E-state index in [9.17, 15) is 14.7 Å². The fraction of sp³-hybridized carbons (Fsp3) is 0.862. The highest BCUT2D eigenvalue weighted by atomic mass is 16.4. The van der Waals surface area contributed by atoms with Crippen LogP contribution < -0.4 is 0 Å². The van der Waals surface area contributed by atoms with Crippen molar-refractivity contribution < 1.29 is 14.7 Å². The number of carboxylic acids is 1. The van der Waals surface area contributed by atoms with E-state index in [-0.39, 0.29) is 27.6 Å². The molecular weight excluding hydrogens is 396 g/mol. The lowest BCUT2D eigenvalue weighted by Gasteiger charge is -2.72. The van der Waals surface area contributed by atoms with Crippen LogP contribution in [0.25, 0.3) is 0 Å². The Balaban J connectivity index is 1.57. The van der Waals surface area contributed by atoms with Crippen LogP contribution in [0.1, 0.15) is 98.8 Å². The van der Waals surface area contributed by atoms with Crippen LogP contribution >= 0.6 is 0 Å². The van der Waals surface area contributed by atoms with Gasteiger partial charge in [-0.3, -0.25) is 9.59 Å². The van der Waals surface area contributed by atoms with Gasteiger partial charge in [0.1, 0.15) is 5.78 Å². The molecule has 0 aliphatic heterocycles. The monoisotopic (exact) mass is 440 g/mol. The van der Waals surface area contributed by atoms with Crippen molar-refractivity contribution in [3.8, 4) is 0 Å². The molecule has 178 valence electrons. The third kappa shape index (κ3) is 2.44. The first kappa shape index (κ1) is 22.7. The number of fused-ring (bicyclic) bond motifs is 7. The molecule has 0 spiro atoms. The standard InChI is InChI=1S/C29H44O3/c1-7-18-10-15-29(24(31)32)17-16-27(5)19(23(18)29)8-9-21-26(4)13-12-22(30)25(2,3)20(26)11-14-28(21,27)6/h7,18-21,23H,1,8-17H2,2-6H3,(H,31,32)/t18-,19?,20?,21?,23?,26+,27-,28-,29+/m1/s1. The molecule has 0 heterocycles. The molecule has 0 saturated heterocycles. The van der Waals surface area contributed by atoms with Crippen molar-refractivity contribution in [2.24, 2.45) is 56.7 Å². The van der Waals surface area contributed by atoms with Gasteiger partial charge in [0.15, 0.2) is 0 Å². The molecule has 5 rings (SSSR count). The number of Topliss-reactive ketones (excluding diaryl/α,β-unsaturated/α-hetero) is 1. The zero-order valence-corrected chi connectivity index (χ0v) is 21.0. The van der Waals surface area contributed by atoms with Crippen LogP contribution in [-0.4, -0.2) is 16.9 Å². The van der Waals surface area contributed by atoms with Crippen LogP contribution in [0, 0.1) is 56.7 Å². The number of allylic oxidation sites excluding steroid dienone is 1. The maximum Gasteiger partial charge on any atom is 0.309 e. The van der Waals surface area contributed by atoms with Crippen LogP contribution in [0.5, 0.6) is 0 Å². The van der Waals surface area contributed by atoms with Gasteiger partial charge in [-0.2, -0.15) is 0 Å². The lowest BCUT2D eigenvalue weighted by Crippen LogP contribution is -2.66. The molecule has 4 unspecified atom stereocenters. The number of aliphatic carboxylic acids is 1. The van der Waals surface area contributed by atoms with Gasteiger partial charge >= 0.3 is 5.97 Å². The van der Waals surface area contributed by atoms with Gasteiger partial charge in [-0.05, 0) is 104 Å². The van der Waals surface area contributed by atoms with Crippen molar-refractivity contribution in [3.05, 3.63) is 12.7 Å². The number of hydrogen-bond donors (Lipinski definition) is 1. The van der Waals surface area contributed by atoms with Gasteiger partial charge in [0.05, 0.1) is 5.41 Å². The number of rotatable bonds is 2. The van der Waals surface area contributed by atoms with Gasteiger partial charge in [0, 0.05) is 11.8 Å². The quantitative estimate of drug-likeness (QED) is 0.475. The predicted octanol–water partition coefficient (Wildman–Crippen LogP) is 6.91. The van der Waals surface area contributed by atoms with Crippen LogP contribution in [0.2, 0.25) is 0 Å². The van der Waals surface area contributed by atoms with Crippen LogP contribution in [0.3, 0.4) is 0 Å². The second-order valence-electron chi connectivity index (χ2n) is 13.7. The molecule has 0 aromatic carbocycles. The van der Waals surface area contributed by atoms with Gasteiger partial charge in [0.25, 0.3) is 0 Å². The first-order chi connectivity index (χ1) is 14.9. The van der Waals surface area contributed by atoms with E-state index in [4.69, 9.17) is 0 Å². The maximum absolute atomic E-state index is 12.9. The Kier molecular flexibility index (Phi) is 4.76. The molecule has 1 N–H and O–H groups in total. The van der Waals surface area contributed by atoms with Crippen LogP contribution in [-0.2, 0) is 9.59 Å². The summed E-state index contributed by atoms with van der Waals surface area (Å²) in [4.78, 5) is 25.5. The van der Waals surface area contributed by atoms with E-state index < -0.39 is 11.4 Å². The molecule has 3 heteroatoms. The summed E-state index contributed by atoms with van der Waals surface area (Å²) in [6.07, 6.45) is 12.2. The van der Waals surface area contributed by atoms with Gasteiger partial charge in [-0.1, -0.05) is 40.7 Å². The third-order valence-corrected chi connectivity index (χ3v) is 13.0. The van der Waals surface area contributed by atoms with Gasteiger partial charge in [0.2, 0.25) is 0 Å². The van der Waals surface area contributed by atoms with E-state index in [2.05, 4.69) is 47.3 Å². The van der Waals surface area contributed by atoms with Crippen LogP contribution in [0.15, 0.2) is 12.7 Å². The molecule has 9 atom stereocenters. The fourth-order valence-electron chi connectivity index (χ4n) is 11.1. The molecule has 0 bridgehead atoms. The average molecular weight is 441 g/mol. The Morgan fingerprint density at radius 3 is 2.28 bits per heavy atom. The summed E-state index contributed by atoms with van der Waals surface area (Å²) < 4.78 is 0. The number of ketones is 1. The van der Waals surface area contributed by atoms with E-state index in [1.807, 2.05) is 0 Å². The Hall–Kier alpha value is -1.12. The lowest BCUT2D eigenvalue weighted by atomic mass is 9.32. The van der Waals surface area contributed by atoms with E-state index in [1.165, 1.54) is 12.8 Å². The molecule has 0 radical (unpaired) electrons. The van der Waals surface area contributed by atoms with Crippen molar-refractivity contribution in [1.82, 2.24) is 0 Å². The number of carbonyl (C=O) groups is 2. The fourth-order valence-corrected chi connectivity index (χ4v) is 11.1. The zero-order valence-electron chi connectivity index (χ0n) is 21.0. The number of carbonyl (C=O) groups excluding carboxylic acids is 1. The second kappa shape index (κ2) is 6.72. The Morgan fingerprint density at radius 2 is 1.62 bits per heavy atom. The summed E-state index contributed by atoms with van der Waals surface area (Å²) in [6.45, 7) is 16.2. The molecule has 32 heavy (non-hydrogen) atoms. The highest BCUT2D eigenvalue weighted by Crippen LogP contribution is 2.77. The topological polar surface area (TPSA) is 54.4 Å². The third-order valence-electron chi connectivity index (χ3n) is 13.0. The summed E-state index contributed by atoms with van der Waals surface area (Å²) in [5.41, 5.74) is -0.141. The molecule has 3 nitrogen and oxygen atoms in total. The SMILES string of the molecule is C=C[C@@H]1CC[C@]2(C(=O)O)CC[C@]3(C)C(CCC4[C@@]5(C)CCC(=O)C(C)(C)C5CC[C@]43C)C12. The molecule has 5 saturated carbocycles. The molecule has 0 aromatic heterocycles. The van der Waals surface area contributed by atoms with Crippen molar-refractivity contribution in [2.45, 2.75) is 98.8 Å². The minimum atomic E-state index is -0.551. The van der Waals surface area contributed by atoms with E-state index >= 15 is 0 Å². The summed E-state index contributed by atoms with van der Waals surface area (Å²) in [5, 5.41) is 10.4. The molecule has 5 aliphatic carbocycles. The first-order valence-electron chi connectivity index (χ1n) is 13.3. The van der Waals surface area contributed by atoms with E-state index in [0.29, 0.717) is 29.5 Å². The summed E-state index contributed by atoms with van der Waals surface area (Å²) in [6, 6.07) is 0. The molecular formula is C29H44O3. The minimum Gasteiger partial charge on any atom is -0.481 e. The van der Waals surface area contributed by atoms with Crippen molar-refractivity contribution in [1.29, 1.82) is 0 Å². The Labute approximate surface area is 194 Å². The molecule has 0 aromatic rings. The van der Waals surface area contributed by atoms with Crippen molar-refractivity contribution in [2.75, 3.05) is 0 Å². The Bertz CT molecular complexity index is 858. The molecule has 0 amide bonds. The second-order valence-corrected chi connectivity index (χ2v) is 13.7. The minimum absolute atomic E-state index is 0.171. The molecule has 5 fully saturated rings. The summed E-state index contributed by atoms with van der Waals surface area (Å²) >= 11 is 0. The number of hydrogen-bond acceptors (Lipinski definition) is 2. The van der Waals surface area contributed by atoms with Gasteiger partial charge in [-0.25, -0.2) is 0 Å². The van der Waals surface area contributed by atoms with Gasteiger partial charge < -0.3 is 5.11 Å². The van der Waals surface area contributed by atoms with E-state index in [0.717, 1.165) is 51.4 Å². The van der Waals surface area contributed by atoms with Crippen molar-refractivity contribution in [3.63, 3.8) is 0 Å². The highest BCUT2D eigenvalue weighted by molar-refractivity contribution is 5.85. The summed E-state index contributed by atoms with van der Waals surface area (Å²) in [7, 11) is 0. The summed E-state index contributed by atoms with van der Waals surface area (Å²) in [5.74, 6) is 2.07. The largest absolute Gasteiger partial charge is 0.481 e. The van der Waals surface area contributed by atoms with Crippen LogP contribution in [0.4, 0.5) is 0 Å². The first-order valence-corrected chi connectivity index (χ1v) is 13.3. The smallest absolute Gasteiger partial charge is 0.309 e. The predicted molar refractivity (Wildman–Crippen MR) is 127 cm³/mol.